The van der Waals surface area contributed by atoms with Gasteiger partial charge in [-0.25, -0.2) is 0 Å². The van der Waals surface area contributed by atoms with Crippen LogP contribution in [0.5, 0.6) is 0 Å². The van der Waals surface area contributed by atoms with E-state index >= 15 is 0 Å². The van der Waals surface area contributed by atoms with Crippen LogP contribution in [0.2, 0.25) is 0 Å². The van der Waals surface area contributed by atoms with Crippen LogP contribution in [0.4, 0.5) is 34.1 Å². The van der Waals surface area contributed by atoms with Crippen LogP contribution >= 0.6 is 0 Å². The smallest absolute Gasteiger partial charge is 0.252 e. The average Bonchev–Trinajstić information content (AvgIpc) is 0.685. The molecule has 0 bridgehead atoms. The number of pyridine rings is 1. The molecule has 2 aliphatic rings. The van der Waals surface area contributed by atoms with E-state index in [1.807, 2.05) is 0 Å². The Kier molecular flexibility index (Phi) is 19.6. The second-order valence-electron chi connectivity index (χ2n) is 43.5. The van der Waals surface area contributed by atoms with Gasteiger partial charge in [0.1, 0.15) is 0 Å². The highest BCUT2D eigenvalue weighted by atomic mass is 15.2. The fraction of sp³-hybridized carbons (Fsp3) is 0.319. The molecule has 0 fully saturated rings. The van der Waals surface area contributed by atoms with Crippen molar-refractivity contribution in [3.8, 4) is 72.6 Å². The fourth-order valence-corrected chi connectivity index (χ4v) is 17.8. The van der Waals surface area contributed by atoms with Crippen LogP contribution in [0, 0.1) is 0 Å². The Morgan fingerprint density at radius 2 is 0.576 bits per heavy atom. The molecule has 0 saturated carbocycles. The van der Waals surface area contributed by atoms with Gasteiger partial charge in [0.25, 0.3) is 6.71 Å². The summed E-state index contributed by atoms with van der Waals surface area (Å²) < 4.78 is 2.58. The van der Waals surface area contributed by atoms with Gasteiger partial charge in [-0.1, -0.05) is 351 Å². The van der Waals surface area contributed by atoms with Crippen molar-refractivity contribution in [1.82, 2.24) is 9.55 Å². The number of benzene rings is 12. The summed E-state index contributed by atoms with van der Waals surface area (Å²) in [6.07, 6.45) is 0. The quantitative estimate of drug-likeness (QED) is 0.135. The largest absolute Gasteiger partial charge is 0.310 e. The zero-order valence-electron chi connectivity index (χ0n) is 75.6. The topological polar surface area (TPSA) is 24.3 Å². The van der Waals surface area contributed by atoms with Crippen molar-refractivity contribution >= 4 is 79.0 Å². The van der Waals surface area contributed by atoms with Crippen molar-refractivity contribution in [3.63, 3.8) is 0 Å². The maximum atomic E-state index is 5.90. The first kappa shape index (κ1) is 81.0. The van der Waals surface area contributed by atoms with Crippen molar-refractivity contribution < 1.29 is 0 Å². The average molecular weight is 1550 g/mol. The molecule has 4 nitrogen and oxygen atoms in total. The molecule has 14 aromatic rings. The SMILES string of the molecule is CC(C)(C)c1cc(-c2ccc3c(c2)N(c2c(-c4ccccc4)cc(C(C)(C)C)cc2-c2cccc(C(C)(C)C)n2)c2cc(-c4cc(C(C)(C)C)cc(C(C)(C)C)c4)cc4c2B3c2ccc(-n3c5ccc(C(C)(C)C)cc5c5cc(C(C)(C)C)ccc53)cc2N4c2c(-c3ccccc3)cc(C(C)(C)C)cc2-c2ccccc2)cc(C(C)(C)C)c1. The summed E-state index contributed by atoms with van der Waals surface area (Å²) in [5.74, 6) is 0. The zero-order chi connectivity index (χ0) is 84.4. The van der Waals surface area contributed by atoms with E-state index in [1.165, 1.54) is 93.8 Å². The molecular formula is C113H123BN4. The molecule has 2 aromatic heterocycles. The van der Waals surface area contributed by atoms with Crippen molar-refractivity contribution in [1.29, 1.82) is 0 Å². The number of fused-ring (bicyclic) bond motifs is 7. The molecule has 118 heavy (non-hydrogen) atoms. The highest BCUT2D eigenvalue weighted by Gasteiger charge is 2.47. The maximum absolute atomic E-state index is 5.90. The Hall–Kier alpha value is -10.7. The van der Waals surface area contributed by atoms with Gasteiger partial charge in [0.2, 0.25) is 0 Å². The summed E-state index contributed by atoms with van der Waals surface area (Å²) in [6.45, 7) is 63.4. The summed E-state index contributed by atoms with van der Waals surface area (Å²) in [5, 5.41) is 2.52. The van der Waals surface area contributed by atoms with Gasteiger partial charge in [0.15, 0.2) is 0 Å². The number of hydrogen-bond donors (Lipinski definition) is 0. The standard InChI is InChI=1S/C113H123BN4/c1-105(2,3)77-47-52-95-89(63-77)90-64-78(106(4,5)6)48-53-96(90)116(95)85-49-51-93-98(69-85)118(103-86(70-38-31-28-32-39-70)65-83(111(19,20)21)66-87(103)71-40-33-29-34-41-71)100-60-76(75-56-81(109(13,14)15)62-82(57-75)110(16,17)18)59-99-102(100)114(93)92-50-46-73(74-54-79(107(7,8)9)61-80(55-74)108(10,11)12)58-97(92)117(99)104-88(72-42-35-30-36-43-72)67-84(112(22,23)24)68-91(104)94-44-37-45-101(115-94)113(25,26)27/h28-69H,1-27H3. The fourth-order valence-electron chi connectivity index (χ4n) is 17.8. The van der Waals surface area contributed by atoms with Crippen molar-refractivity contribution in [3.05, 3.63) is 305 Å². The lowest BCUT2D eigenvalue weighted by Gasteiger charge is -2.46. The van der Waals surface area contributed by atoms with E-state index in [1.54, 1.807) is 0 Å². The first-order valence-electron chi connectivity index (χ1n) is 43.2. The van der Waals surface area contributed by atoms with Gasteiger partial charge in [-0.15, -0.1) is 0 Å². The van der Waals surface area contributed by atoms with E-state index in [4.69, 9.17) is 4.98 Å². The van der Waals surface area contributed by atoms with Crippen molar-refractivity contribution in [2.75, 3.05) is 9.80 Å². The third-order valence-electron chi connectivity index (χ3n) is 25.3. The van der Waals surface area contributed by atoms with Crippen molar-refractivity contribution in [2.45, 2.75) is 236 Å². The highest BCUT2D eigenvalue weighted by molar-refractivity contribution is 7.00. The molecule has 5 heteroatoms. The van der Waals surface area contributed by atoms with Crippen LogP contribution in [0.25, 0.3) is 94.4 Å². The van der Waals surface area contributed by atoms with E-state index in [0.717, 1.165) is 101 Å². The summed E-state index contributed by atoms with van der Waals surface area (Å²) in [4.78, 5) is 11.4. The molecule has 0 amide bonds. The lowest BCUT2D eigenvalue weighted by molar-refractivity contribution is 0.568. The molecule has 0 unspecified atom stereocenters. The maximum Gasteiger partial charge on any atom is 0.252 e. The normalized spacial score (nSPS) is 13.7. The van der Waals surface area contributed by atoms with Crippen molar-refractivity contribution in [2.24, 2.45) is 0 Å². The molecule has 0 aliphatic carbocycles. The summed E-state index contributed by atoms with van der Waals surface area (Å²) >= 11 is 0. The number of nitrogens with zero attached hydrogens (tertiary/aromatic N) is 4. The van der Waals surface area contributed by atoms with E-state index in [-0.39, 0.29) is 55.4 Å². The number of aromatic nitrogens is 2. The summed E-state index contributed by atoms with van der Waals surface area (Å²) in [5.41, 5.74) is 37.3. The minimum Gasteiger partial charge on any atom is -0.310 e. The van der Waals surface area contributed by atoms with Gasteiger partial charge in [-0.05, 0) is 234 Å². The van der Waals surface area contributed by atoms with Gasteiger partial charge in [0, 0.05) is 72.6 Å². The number of anilines is 6. The third-order valence-corrected chi connectivity index (χ3v) is 25.3. The molecule has 2 aliphatic heterocycles. The first-order valence-corrected chi connectivity index (χ1v) is 43.2. The Morgan fingerprint density at radius 1 is 0.237 bits per heavy atom. The minimum absolute atomic E-state index is 0.0766. The van der Waals surface area contributed by atoms with Crippen LogP contribution in [0.15, 0.2) is 255 Å². The lowest BCUT2D eigenvalue weighted by Crippen LogP contribution is -2.61. The lowest BCUT2D eigenvalue weighted by atomic mass is 9.33. The molecule has 0 spiro atoms. The van der Waals surface area contributed by atoms with Gasteiger partial charge in [0.05, 0.1) is 28.1 Å². The predicted octanol–water partition coefficient (Wildman–Crippen LogP) is 29.9. The van der Waals surface area contributed by atoms with Crippen LogP contribution in [0.3, 0.4) is 0 Å². The third kappa shape index (κ3) is 14.9. The van der Waals surface area contributed by atoms with E-state index in [0.29, 0.717) is 0 Å². The molecule has 12 aromatic carbocycles. The predicted molar refractivity (Wildman–Crippen MR) is 514 cm³/mol. The van der Waals surface area contributed by atoms with Gasteiger partial charge >= 0.3 is 0 Å². The van der Waals surface area contributed by atoms with Crippen LogP contribution in [-0.4, -0.2) is 16.3 Å². The monoisotopic (exact) mass is 1550 g/mol. The van der Waals surface area contributed by atoms with Gasteiger partial charge in [-0.3, -0.25) is 4.98 Å². The Bertz CT molecular complexity index is 6080. The molecule has 598 valence electrons. The molecule has 0 saturated heterocycles. The summed E-state index contributed by atoms with van der Waals surface area (Å²) in [6, 6.07) is 101. The molecular weight excluding hydrogens is 1420 g/mol. The first-order chi connectivity index (χ1) is 55.2. The second-order valence-corrected chi connectivity index (χ2v) is 43.5. The van der Waals surface area contributed by atoms with E-state index < -0.39 is 0 Å². The van der Waals surface area contributed by atoms with E-state index in [9.17, 15) is 0 Å². The van der Waals surface area contributed by atoms with Crippen LogP contribution in [-0.2, 0) is 48.7 Å². The van der Waals surface area contributed by atoms with Crippen LogP contribution < -0.4 is 26.2 Å². The number of hydrogen-bond acceptors (Lipinski definition) is 3. The van der Waals surface area contributed by atoms with Gasteiger partial charge in [-0.2, -0.15) is 0 Å². The minimum atomic E-state index is -0.299. The Morgan fingerprint density at radius 3 is 0.966 bits per heavy atom. The molecule has 0 N–H and O–H groups in total. The number of rotatable bonds is 9. The second kappa shape index (κ2) is 28.5. The summed E-state index contributed by atoms with van der Waals surface area (Å²) in [7, 11) is 0. The molecule has 0 atom stereocenters. The molecule has 0 radical (unpaired) electrons. The van der Waals surface area contributed by atoms with E-state index in [2.05, 4.69) is 456 Å². The molecule has 4 heterocycles. The van der Waals surface area contributed by atoms with Crippen LogP contribution in [0.1, 0.15) is 237 Å². The Labute approximate surface area is 707 Å². The molecule has 16 rings (SSSR count). The Balaban J connectivity index is 1.16. The van der Waals surface area contributed by atoms with Gasteiger partial charge < -0.3 is 14.4 Å². The zero-order valence-corrected chi connectivity index (χ0v) is 75.6. The highest BCUT2D eigenvalue weighted by Crippen LogP contribution is 2.57.